The number of methoxy groups -OCH3 is 1. The molecule has 19 heavy (non-hydrogen) atoms. The van der Waals surface area contributed by atoms with E-state index in [9.17, 15) is 0 Å². The number of hydrogen-bond donors (Lipinski definition) is 1. The van der Waals surface area contributed by atoms with Crippen molar-refractivity contribution in [3.8, 4) is 0 Å². The van der Waals surface area contributed by atoms with Gasteiger partial charge in [-0.3, -0.25) is 0 Å². The molecule has 0 aliphatic rings. The minimum atomic E-state index is 0.474. The maximum atomic E-state index is 5.83. The van der Waals surface area contributed by atoms with Crippen LogP contribution in [-0.2, 0) is 17.7 Å². The summed E-state index contributed by atoms with van der Waals surface area (Å²) in [5, 5.41) is 1.09. The van der Waals surface area contributed by atoms with Gasteiger partial charge in [0.05, 0.1) is 12.3 Å². The molecular weight excluding hydrogens is 258 g/mol. The molecule has 1 atom stereocenters. The Morgan fingerprint density at radius 2 is 2.16 bits per heavy atom. The van der Waals surface area contributed by atoms with Crippen LogP contribution in [0.3, 0.4) is 0 Å². The van der Waals surface area contributed by atoms with Gasteiger partial charge in [-0.25, -0.2) is 4.98 Å². The molecule has 110 valence electrons. The molecule has 1 unspecified atom stereocenters. The summed E-state index contributed by atoms with van der Waals surface area (Å²) in [6, 6.07) is 0.474. The largest absolute Gasteiger partial charge is 0.383 e. The van der Waals surface area contributed by atoms with Crippen molar-refractivity contribution in [3.05, 3.63) is 10.6 Å². The molecule has 0 spiro atoms. The first kappa shape index (κ1) is 16.4. The van der Waals surface area contributed by atoms with E-state index in [-0.39, 0.29) is 0 Å². The molecule has 0 fully saturated rings. The molecule has 4 nitrogen and oxygen atoms in total. The lowest BCUT2D eigenvalue weighted by atomic mass is 10.2. The highest BCUT2D eigenvalue weighted by Crippen LogP contribution is 2.28. The van der Waals surface area contributed by atoms with Gasteiger partial charge in [0, 0.05) is 31.1 Å². The lowest BCUT2D eigenvalue weighted by molar-refractivity contribution is 0.203. The molecular formula is C14H27N3OS. The molecule has 0 radical (unpaired) electrons. The van der Waals surface area contributed by atoms with Crippen LogP contribution < -0.4 is 10.6 Å². The number of aromatic nitrogens is 1. The Morgan fingerprint density at radius 3 is 2.68 bits per heavy atom. The van der Waals surface area contributed by atoms with Crippen molar-refractivity contribution < 1.29 is 4.74 Å². The summed E-state index contributed by atoms with van der Waals surface area (Å²) in [6.07, 6.45) is 3.23. The average molecular weight is 285 g/mol. The standard InChI is InChI=1S/C14H27N3OS/c1-5-7-12-13(10-15)19-14(16-12)17(8-9-18-4)11(3)6-2/h11H,5-10,15H2,1-4H3. The molecule has 1 rings (SSSR count). The van der Waals surface area contributed by atoms with E-state index in [2.05, 4.69) is 25.7 Å². The van der Waals surface area contributed by atoms with Crippen LogP contribution in [0.2, 0.25) is 0 Å². The van der Waals surface area contributed by atoms with E-state index in [1.54, 1.807) is 18.4 Å². The zero-order valence-corrected chi connectivity index (χ0v) is 13.4. The topological polar surface area (TPSA) is 51.4 Å². The van der Waals surface area contributed by atoms with E-state index in [4.69, 9.17) is 15.5 Å². The zero-order chi connectivity index (χ0) is 14.3. The van der Waals surface area contributed by atoms with E-state index < -0.39 is 0 Å². The summed E-state index contributed by atoms with van der Waals surface area (Å²) in [6.45, 7) is 8.81. The fraction of sp³-hybridized carbons (Fsp3) is 0.786. The summed E-state index contributed by atoms with van der Waals surface area (Å²) >= 11 is 1.74. The Labute approximate surface area is 121 Å². The van der Waals surface area contributed by atoms with Crippen molar-refractivity contribution in [1.82, 2.24) is 4.98 Å². The van der Waals surface area contributed by atoms with E-state index in [1.165, 1.54) is 10.6 Å². The van der Waals surface area contributed by atoms with Gasteiger partial charge in [-0.1, -0.05) is 20.3 Å². The van der Waals surface area contributed by atoms with Crippen molar-refractivity contribution in [2.24, 2.45) is 5.73 Å². The second kappa shape index (κ2) is 8.51. The van der Waals surface area contributed by atoms with Gasteiger partial charge in [0.1, 0.15) is 0 Å². The van der Waals surface area contributed by atoms with Crippen LogP contribution in [0.1, 0.15) is 44.2 Å². The number of anilines is 1. The Hall–Kier alpha value is -0.650. The minimum Gasteiger partial charge on any atom is -0.383 e. The Kier molecular flexibility index (Phi) is 7.34. The van der Waals surface area contributed by atoms with Gasteiger partial charge in [0.2, 0.25) is 0 Å². The fourth-order valence-electron chi connectivity index (χ4n) is 2.00. The van der Waals surface area contributed by atoms with E-state index in [0.29, 0.717) is 12.6 Å². The number of thiazole rings is 1. The highest BCUT2D eigenvalue weighted by atomic mass is 32.1. The van der Waals surface area contributed by atoms with Crippen molar-refractivity contribution in [3.63, 3.8) is 0 Å². The zero-order valence-electron chi connectivity index (χ0n) is 12.6. The van der Waals surface area contributed by atoms with Gasteiger partial charge in [-0.05, 0) is 19.8 Å². The summed E-state index contributed by atoms with van der Waals surface area (Å²) in [4.78, 5) is 8.37. The van der Waals surface area contributed by atoms with Crippen LogP contribution in [0.5, 0.6) is 0 Å². The lowest BCUT2D eigenvalue weighted by Gasteiger charge is -2.27. The highest BCUT2D eigenvalue weighted by molar-refractivity contribution is 7.15. The summed E-state index contributed by atoms with van der Waals surface area (Å²) in [5.74, 6) is 0. The second-order valence-corrected chi connectivity index (χ2v) is 5.83. The maximum Gasteiger partial charge on any atom is 0.186 e. The third-order valence-corrected chi connectivity index (χ3v) is 4.50. The van der Waals surface area contributed by atoms with Crippen LogP contribution in [-0.4, -0.2) is 31.3 Å². The smallest absolute Gasteiger partial charge is 0.186 e. The molecule has 1 aromatic heterocycles. The minimum absolute atomic E-state index is 0.474. The molecule has 0 saturated heterocycles. The predicted octanol–water partition coefficient (Wildman–Crippen LogP) is 2.81. The van der Waals surface area contributed by atoms with Crippen molar-refractivity contribution in [2.45, 2.75) is 52.6 Å². The molecule has 0 amide bonds. The van der Waals surface area contributed by atoms with Crippen LogP contribution in [0.25, 0.3) is 0 Å². The SMILES string of the molecule is CCCc1nc(N(CCOC)C(C)CC)sc1CN. The van der Waals surface area contributed by atoms with Crippen molar-refractivity contribution >= 4 is 16.5 Å². The lowest BCUT2D eigenvalue weighted by Crippen LogP contribution is -2.35. The summed E-state index contributed by atoms with van der Waals surface area (Å²) < 4.78 is 5.21. The summed E-state index contributed by atoms with van der Waals surface area (Å²) in [7, 11) is 1.74. The number of nitrogens with zero attached hydrogens (tertiary/aromatic N) is 2. The van der Waals surface area contributed by atoms with E-state index >= 15 is 0 Å². The summed E-state index contributed by atoms with van der Waals surface area (Å²) in [5.41, 5.74) is 7.01. The third-order valence-electron chi connectivity index (χ3n) is 3.34. The van der Waals surface area contributed by atoms with Crippen LogP contribution in [0.4, 0.5) is 5.13 Å². The van der Waals surface area contributed by atoms with Gasteiger partial charge in [-0.2, -0.15) is 0 Å². The molecule has 1 heterocycles. The first-order chi connectivity index (χ1) is 9.17. The molecule has 5 heteroatoms. The van der Waals surface area contributed by atoms with Crippen LogP contribution in [0, 0.1) is 0 Å². The average Bonchev–Trinajstić information content (AvgIpc) is 2.82. The molecule has 0 bridgehead atoms. The fourth-order valence-corrected chi connectivity index (χ4v) is 3.11. The second-order valence-electron chi connectivity index (χ2n) is 4.76. The highest BCUT2D eigenvalue weighted by Gasteiger charge is 2.18. The van der Waals surface area contributed by atoms with Crippen LogP contribution >= 0.6 is 11.3 Å². The van der Waals surface area contributed by atoms with Crippen LogP contribution in [0.15, 0.2) is 0 Å². The quantitative estimate of drug-likeness (QED) is 0.758. The van der Waals surface area contributed by atoms with Gasteiger partial charge >= 0.3 is 0 Å². The molecule has 0 aliphatic heterocycles. The first-order valence-corrected chi connectivity index (χ1v) is 7.93. The Morgan fingerprint density at radius 1 is 1.42 bits per heavy atom. The van der Waals surface area contributed by atoms with Gasteiger partial charge < -0.3 is 15.4 Å². The van der Waals surface area contributed by atoms with Gasteiger partial charge in [-0.15, -0.1) is 11.3 Å². The first-order valence-electron chi connectivity index (χ1n) is 7.12. The van der Waals surface area contributed by atoms with Gasteiger partial charge in [0.25, 0.3) is 0 Å². The van der Waals surface area contributed by atoms with E-state index in [1.807, 2.05) is 0 Å². The third kappa shape index (κ3) is 4.44. The normalized spacial score (nSPS) is 12.7. The van der Waals surface area contributed by atoms with Gasteiger partial charge in [0.15, 0.2) is 5.13 Å². The monoisotopic (exact) mass is 285 g/mol. The number of hydrogen-bond acceptors (Lipinski definition) is 5. The number of rotatable bonds is 9. The molecule has 2 N–H and O–H groups in total. The number of nitrogens with two attached hydrogens (primary N) is 1. The van der Waals surface area contributed by atoms with E-state index in [0.717, 1.165) is 37.5 Å². The predicted molar refractivity (Wildman–Crippen MR) is 83.0 cm³/mol. The maximum absolute atomic E-state index is 5.83. The molecule has 0 aliphatic carbocycles. The molecule has 1 aromatic rings. The number of ether oxygens (including phenoxy) is 1. The van der Waals surface area contributed by atoms with Crippen molar-refractivity contribution in [1.29, 1.82) is 0 Å². The molecule has 0 saturated carbocycles. The van der Waals surface area contributed by atoms with Crippen molar-refractivity contribution in [2.75, 3.05) is 25.2 Å². The Balaban J connectivity index is 2.94. The Bertz CT molecular complexity index is 368. The number of aryl methyl sites for hydroxylation is 1. The molecule has 0 aromatic carbocycles.